The minimum absolute atomic E-state index is 0.189. The van der Waals surface area contributed by atoms with Gasteiger partial charge >= 0.3 is 0 Å². The van der Waals surface area contributed by atoms with Crippen LogP contribution in [-0.4, -0.2) is 15.7 Å². The predicted molar refractivity (Wildman–Crippen MR) is 101 cm³/mol. The van der Waals surface area contributed by atoms with E-state index in [4.69, 9.17) is 11.6 Å². The van der Waals surface area contributed by atoms with Crippen LogP contribution in [0.4, 0.5) is 0 Å². The summed E-state index contributed by atoms with van der Waals surface area (Å²) in [5, 5.41) is 7.68. The first-order valence-corrected chi connectivity index (χ1v) is 8.59. The first kappa shape index (κ1) is 17.9. The summed E-state index contributed by atoms with van der Waals surface area (Å²) in [7, 11) is 0. The zero-order chi connectivity index (χ0) is 18.5. The van der Waals surface area contributed by atoms with E-state index < -0.39 is 0 Å². The van der Waals surface area contributed by atoms with Gasteiger partial charge in [0.2, 0.25) is 0 Å². The lowest BCUT2D eigenvalue weighted by Crippen LogP contribution is -2.31. The van der Waals surface area contributed by atoms with Gasteiger partial charge in [-0.2, -0.15) is 5.10 Å². The number of nitrogens with zero attached hydrogens (tertiary/aromatic N) is 2. The zero-order valence-electron chi connectivity index (χ0n) is 14.2. The van der Waals surface area contributed by atoms with Gasteiger partial charge in [-0.3, -0.25) is 9.59 Å². The Morgan fingerprint density at radius 3 is 2.62 bits per heavy atom. The summed E-state index contributed by atoms with van der Waals surface area (Å²) >= 11 is 5.99. The van der Waals surface area contributed by atoms with Crippen molar-refractivity contribution in [2.24, 2.45) is 0 Å². The van der Waals surface area contributed by atoms with Gasteiger partial charge in [0.15, 0.2) is 0 Å². The Hall–Kier alpha value is -2.92. The molecule has 3 aromatic rings. The third-order valence-corrected chi connectivity index (χ3v) is 4.21. The molecule has 1 heterocycles. The fourth-order valence-electron chi connectivity index (χ4n) is 2.57. The molecule has 1 amide bonds. The SMILES string of the molecule is C[C@H](NC(=O)c1ccc(=O)n(Cc2ccccc2)n1)c1cccc(Cl)c1. The van der Waals surface area contributed by atoms with Crippen molar-refractivity contribution in [1.82, 2.24) is 15.1 Å². The van der Waals surface area contributed by atoms with E-state index in [1.165, 1.54) is 16.8 Å². The molecular weight excluding hydrogens is 350 g/mol. The third-order valence-electron chi connectivity index (χ3n) is 3.97. The summed E-state index contributed by atoms with van der Waals surface area (Å²) in [5.74, 6) is -0.348. The molecule has 1 N–H and O–H groups in total. The van der Waals surface area contributed by atoms with Crippen LogP contribution in [0.15, 0.2) is 71.5 Å². The molecule has 0 fully saturated rings. The first-order chi connectivity index (χ1) is 12.5. The maximum Gasteiger partial charge on any atom is 0.272 e. The molecule has 1 atom stereocenters. The molecule has 0 bridgehead atoms. The van der Waals surface area contributed by atoms with Crippen LogP contribution >= 0.6 is 11.6 Å². The maximum absolute atomic E-state index is 12.5. The quantitative estimate of drug-likeness (QED) is 0.751. The number of benzene rings is 2. The molecule has 2 aromatic carbocycles. The molecule has 0 spiro atoms. The molecule has 0 aliphatic heterocycles. The van der Waals surface area contributed by atoms with Crippen LogP contribution in [-0.2, 0) is 6.54 Å². The zero-order valence-corrected chi connectivity index (χ0v) is 15.0. The van der Waals surface area contributed by atoms with Gasteiger partial charge in [0.05, 0.1) is 12.6 Å². The summed E-state index contributed by atoms with van der Waals surface area (Å²) < 4.78 is 1.29. The van der Waals surface area contributed by atoms with Gasteiger partial charge in [-0.15, -0.1) is 0 Å². The van der Waals surface area contributed by atoms with Crippen molar-refractivity contribution < 1.29 is 4.79 Å². The smallest absolute Gasteiger partial charge is 0.272 e. The second kappa shape index (κ2) is 7.97. The number of halogens is 1. The van der Waals surface area contributed by atoms with Crippen molar-refractivity contribution in [3.8, 4) is 0 Å². The largest absolute Gasteiger partial charge is 0.344 e. The highest BCUT2D eigenvalue weighted by atomic mass is 35.5. The van der Waals surface area contributed by atoms with E-state index in [-0.39, 0.29) is 23.2 Å². The highest BCUT2D eigenvalue weighted by Crippen LogP contribution is 2.17. The molecule has 132 valence electrons. The van der Waals surface area contributed by atoms with E-state index in [2.05, 4.69) is 10.4 Å². The van der Waals surface area contributed by atoms with Crippen molar-refractivity contribution >= 4 is 17.5 Å². The van der Waals surface area contributed by atoms with Crippen molar-refractivity contribution in [3.63, 3.8) is 0 Å². The van der Waals surface area contributed by atoms with Crippen molar-refractivity contribution in [2.75, 3.05) is 0 Å². The van der Waals surface area contributed by atoms with E-state index in [1.54, 1.807) is 12.1 Å². The van der Waals surface area contributed by atoms with Gasteiger partial charge in [-0.1, -0.05) is 54.1 Å². The lowest BCUT2D eigenvalue weighted by Gasteiger charge is -2.15. The summed E-state index contributed by atoms with van der Waals surface area (Å²) in [6.45, 7) is 2.17. The van der Waals surface area contributed by atoms with Crippen LogP contribution in [0, 0.1) is 0 Å². The Morgan fingerprint density at radius 1 is 1.12 bits per heavy atom. The normalized spacial score (nSPS) is 11.8. The maximum atomic E-state index is 12.5. The molecule has 0 aliphatic rings. The lowest BCUT2D eigenvalue weighted by atomic mass is 10.1. The summed E-state index contributed by atoms with van der Waals surface area (Å²) in [4.78, 5) is 24.5. The van der Waals surface area contributed by atoms with Gasteiger partial charge in [0, 0.05) is 11.1 Å². The third kappa shape index (κ3) is 4.37. The molecule has 26 heavy (non-hydrogen) atoms. The molecule has 0 unspecified atom stereocenters. The van der Waals surface area contributed by atoms with Crippen LogP contribution in [0.2, 0.25) is 5.02 Å². The fraction of sp³-hybridized carbons (Fsp3) is 0.150. The Morgan fingerprint density at radius 2 is 1.88 bits per heavy atom. The Balaban J connectivity index is 1.77. The average molecular weight is 368 g/mol. The second-order valence-corrected chi connectivity index (χ2v) is 6.39. The van der Waals surface area contributed by atoms with Crippen LogP contribution in [0.5, 0.6) is 0 Å². The Bertz CT molecular complexity index is 970. The molecule has 0 saturated carbocycles. The molecule has 0 saturated heterocycles. The topological polar surface area (TPSA) is 64.0 Å². The Kier molecular flexibility index (Phi) is 5.49. The van der Waals surface area contributed by atoms with Crippen LogP contribution in [0.1, 0.15) is 34.6 Å². The monoisotopic (exact) mass is 367 g/mol. The number of nitrogens with one attached hydrogen (secondary N) is 1. The number of hydrogen-bond donors (Lipinski definition) is 1. The summed E-state index contributed by atoms with van der Waals surface area (Å²) in [6, 6.07) is 19.4. The van der Waals surface area contributed by atoms with Gasteiger partial charge in [0.1, 0.15) is 5.69 Å². The Labute approximate surface area is 156 Å². The molecule has 1 aromatic heterocycles. The van der Waals surface area contributed by atoms with Gasteiger partial charge in [-0.05, 0) is 36.2 Å². The second-order valence-electron chi connectivity index (χ2n) is 5.95. The van der Waals surface area contributed by atoms with Gasteiger partial charge in [-0.25, -0.2) is 4.68 Å². The minimum Gasteiger partial charge on any atom is -0.344 e. The number of aromatic nitrogens is 2. The van der Waals surface area contributed by atoms with Gasteiger partial charge in [0.25, 0.3) is 11.5 Å². The molecule has 0 aliphatic carbocycles. The highest BCUT2D eigenvalue weighted by molar-refractivity contribution is 6.30. The highest BCUT2D eigenvalue weighted by Gasteiger charge is 2.14. The minimum atomic E-state index is -0.348. The molecule has 5 nitrogen and oxygen atoms in total. The van der Waals surface area contributed by atoms with E-state index in [1.807, 2.05) is 49.4 Å². The van der Waals surface area contributed by atoms with Crippen molar-refractivity contribution in [3.05, 3.63) is 98.9 Å². The number of carbonyl (C=O) groups excluding carboxylic acids is 1. The molecule has 6 heteroatoms. The van der Waals surface area contributed by atoms with E-state index in [9.17, 15) is 9.59 Å². The number of amides is 1. The molecule has 0 radical (unpaired) electrons. The van der Waals surface area contributed by atoms with Crippen molar-refractivity contribution in [2.45, 2.75) is 19.5 Å². The number of hydrogen-bond acceptors (Lipinski definition) is 3. The van der Waals surface area contributed by atoms with Gasteiger partial charge < -0.3 is 5.32 Å². The van der Waals surface area contributed by atoms with E-state index >= 15 is 0 Å². The predicted octanol–water partition coefficient (Wildman–Crippen LogP) is 3.44. The molecular formula is C20H18ClN3O2. The van der Waals surface area contributed by atoms with E-state index in [0.29, 0.717) is 11.6 Å². The fourth-order valence-corrected chi connectivity index (χ4v) is 2.77. The summed E-state index contributed by atoms with van der Waals surface area (Å²) in [6.07, 6.45) is 0. The van der Waals surface area contributed by atoms with E-state index in [0.717, 1.165) is 11.1 Å². The standard InChI is InChI=1S/C20H18ClN3O2/c1-14(16-8-5-9-17(21)12-16)22-20(26)18-10-11-19(25)24(23-18)13-15-6-3-2-4-7-15/h2-12,14H,13H2,1H3,(H,22,26)/t14-/m0/s1. The number of carbonyl (C=O) groups is 1. The van der Waals surface area contributed by atoms with Crippen LogP contribution in [0.3, 0.4) is 0 Å². The van der Waals surface area contributed by atoms with Crippen molar-refractivity contribution in [1.29, 1.82) is 0 Å². The molecule has 3 rings (SSSR count). The number of rotatable bonds is 5. The summed E-state index contributed by atoms with van der Waals surface area (Å²) in [5.41, 5.74) is 1.76. The first-order valence-electron chi connectivity index (χ1n) is 8.21. The lowest BCUT2D eigenvalue weighted by molar-refractivity contribution is 0.0932. The average Bonchev–Trinajstić information content (AvgIpc) is 2.64. The van der Waals surface area contributed by atoms with Crippen LogP contribution < -0.4 is 10.9 Å². The van der Waals surface area contributed by atoms with Crippen LogP contribution in [0.25, 0.3) is 0 Å².